The van der Waals surface area contributed by atoms with Crippen molar-refractivity contribution in [2.45, 2.75) is 6.54 Å². The van der Waals surface area contributed by atoms with Crippen LogP contribution in [0.3, 0.4) is 0 Å². The SMILES string of the molecule is C=C1C=CC(c2ccn(C)n2)=CN1/C(=C\N)C(=O)Nc1cc(C(=O)NCc2ccccc2)ccc1F. The molecule has 0 atom stereocenters. The molecule has 0 aliphatic carbocycles. The molecule has 0 saturated carbocycles. The molecule has 2 aromatic carbocycles. The van der Waals surface area contributed by atoms with Crippen LogP contribution in [0.25, 0.3) is 5.57 Å². The first-order chi connectivity index (χ1) is 17.4. The number of aromatic nitrogens is 2. The Bertz CT molecular complexity index is 1400. The minimum atomic E-state index is -0.693. The predicted octanol–water partition coefficient (Wildman–Crippen LogP) is 3.65. The van der Waals surface area contributed by atoms with Crippen molar-refractivity contribution in [3.8, 4) is 0 Å². The van der Waals surface area contributed by atoms with Gasteiger partial charge < -0.3 is 21.3 Å². The normalized spacial score (nSPS) is 13.4. The van der Waals surface area contributed by atoms with Gasteiger partial charge in [-0.1, -0.05) is 36.9 Å². The van der Waals surface area contributed by atoms with E-state index in [9.17, 15) is 14.0 Å². The third-order valence-corrected chi connectivity index (χ3v) is 5.46. The van der Waals surface area contributed by atoms with Crippen LogP contribution in [0.15, 0.2) is 103 Å². The Labute approximate surface area is 207 Å². The molecule has 3 aromatic rings. The number of nitrogens with one attached hydrogen (secondary N) is 2. The van der Waals surface area contributed by atoms with Crippen molar-refractivity contribution in [1.82, 2.24) is 20.0 Å². The number of nitrogens with two attached hydrogens (primary N) is 1. The van der Waals surface area contributed by atoms with Crippen molar-refractivity contribution < 1.29 is 14.0 Å². The average molecular weight is 485 g/mol. The summed E-state index contributed by atoms with van der Waals surface area (Å²) < 4.78 is 16.2. The largest absolute Gasteiger partial charge is 0.403 e. The summed E-state index contributed by atoms with van der Waals surface area (Å²) >= 11 is 0. The standard InChI is InChI=1S/C27H25FN6O2/c1-18-8-9-21(23-12-13-33(2)32-23)17-34(18)25(15-29)27(36)31-24-14-20(10-11-22(24)28)26(35)30-16-19-6-4-3-5-7-19/h3-15,17H,1,16,29H2,2H3,(H,30,35)(H,31,36)/b25-15-. The van der Waals surface area contributed by atoms with Gasteiger partial charge in [-0.15, -0.1) is 0 Å². The first-order valence-corrected chi connectivity index (χ1v) is 11.1. The van der Waals surface area contributed by atoms with Gasteiger partial charge in [0.15, 0.2) is 0 Å². The van der Waals surface area contributed by atoms with Gasteiger partial charge in [0, 0.05) is 49.0 Å². The van der Waals surface area contributed by atoms with Gasteiger partial charge in [0.05, 0.1) is 11.4 Å². The van der Waals surface area contributed by atoms with E-state index >= 15 is 0 Å². The van der Waals surface area contributed by atoms with Crippen LogP contribution in [0.1, 0.15) is 21.6 Å². The number of amides is 2. The lowest BCUT2D eigenvalue weighted by Crippen LogP contribution is -2.29. The molecule has 0 fully saturated rings. The van der Waals surface area contributed by atoms with Gasteiger partial charge in [-0.3, -0.25) is 14.3 Å². The summed E-state index contributed by atoms with van der Waals surface area (Å²) in [4.78, 5) is 27.2. The third kappa shape index (κ3) is 5.41. The van der Waals surface area contributed by atoms with Gasteiger partial charge >= 0.3 is 0 Å². The maximum atomic E-state index is 14.6. The summed E-state index contributed by atoms with van der Waals surface area (Å²) in [5.74, 6) is -1.77. The zero-order valence-corrected chi connectivity index (χ0v) is 19.6. The number of hydrogen-bond acceptors (Lipinski definition) is 5. The molecule has 0 radical (unpaired) electrons. The Hall–Kier alpha value is -4.92. The van der Waals surface area contributed by atoms with Gasteiger partial charge in [0.1, 0.15) is 11.5 Å². The van der Waals surface area contributed by atoms with Crippen LogP contribution in [0.4, 0.5) is 10.1 Å². The molecule has 0 bridgehead atoms. The molecule has 8 nitrogen and oxygen atoms in total. The van der Waals surface area contributed by atoms with Crippen LogP contribution in [0.2, 0.25) is 0 Å². The molecule has 36 heavy (non-hydrogen) atoms. The molecule has 9 heteroatoms. The van der Waals surface area contributed by atoms with Crippen molar-refractivity contribution in [2.24, 2.45) is 12.8 Å². The number of carbonyl (C=O) groups excluding carboxylic acids is 2. The lowest BCUT2D eigenvalue weighted by atomic mass is 10.1. The van der Waals surface area contributed by atoms with Crippen LogP contribution in [-0.2, 0) is 18.4 Å². The maximum Gasteiger partial charge on any atom is 0.274 e. The lowest BCUT2D eigenvalue weighted by Gasteiger charge is -2.26. The molecule has 1 aromatic heterocycles. The monoisotopic (exact) mass is 484 g/mol. The molecule has 1 aliphatic heterocycles. The first kappa shape index (κ1) is 24.2. The van der Waals surface area contributed by atoms with E-state index in [1.54, 1.807) is 30.2 Å². The number of nitrogens with zero attached hydrogens (tertiary/aromatic N) is 3. The Morgan fingerprint density at radius 3 is 2.61 bits per heavy atom. The maximum absolute atomic E-state index is 14.6. The summed E-state index contributed by atoms with van der Waals surface area (Å²) in [7, 11) is 1.80. The molecule has 0 unspecified atom stereocenters. The minimum Gasteiger partial charge on any atom is -0.403 e. The van der Waals surface area contributed by atoms with Crippen molar-refractivity contribution >= 4 is 23.1 Å². The highest BCUT2D eigenvalue weighted by atomic mass is 19.1. The van der Waals surface area contributed by atoms with Crippen molar-refractivity contribution in [3.63, 3.8) is 0 Å². The predicted molar refractivity (Wildman–Crippen MR) is 136 cm³/mol. The second-order valence-electron chi connectivity index (χ2n) is 8.02. The van der Waals surface area contributed by atoms with Gasteiger partial charge in [-0.25, -0.2) is 4.39 Å². The molecule has 2 heterocycles. The fourth-order valence-corrected chi connectivity index (χ4v) is 3.57. The number of rotatable bonds is 7. The number of halogens is 1. The Kier molecular flexibility index (Phi) is 7.10. The number of aryl methyl sites for hydroxylation is 1. The number of anilines is 1. The molecule has 0 spiro atoms. The minimum absolute atomic E-state index is 0.0242. The topological polar surface area (TPSA) is 105 Å². The molecule has 4 N–H and O–H groups in total. The van der Waals surface area contributed by atoms with E-state index in [1.807, 2.05) is 42.5 Å². The summed E-state index contributed by atoms with van der Waals surface area (Å²) in [5.41, 5.74) is 8.69. The average Bonchev–Trinajstić information content (AvgIpc) is 3.32. The van der Waals surface area contributed by atoms with Crippen molar-refractivity contribution in [2.75, 3.05) is 5.32 Å². The van der Waals surface area contributed by atoms with Gasteiger partial charge in [-0.05, 0) is 42.0 Å². The summed E-state index contributed by atoms with van der Waals surface area (Å²) in [6.45, 7) is 4.27. The Morgan fingerprint density at radius 2 is 1.92 bits per heavy atom. The highest BCUT2D eigenvalue weighted by molar-refractivity contribution is 6.05. The van der Waals surface area contributed by atoms with Crippen molar-refractivity contribution in [3.05, 3.63) is 126 Å². The van der Waals surface area contributed by atoms with Crippen LogP contribution >= 0.6 is 0 Å². The highest BCUT2D eigenvalue weighted by Gasteiger charge is 2.22. The second kappa shape index (κ2) is 10.6. The fraction of sp³-hybridized carbons (Fsp3) is 0.0741. The van der Waals surface area contributed by atoms with Gasteiger partial charge in [0.2, 0.25) is 0 Å². The van der Waals surface area contributed by atoms with Crippen LogP contribution < -0.4 is 16.4 Å². The third-order valence-electron chi connectivity index (χ3n) is 5.46. The van der Waals surface area contributed by atoms with E-state index in [4.69, 9.17) is 5.73 Å². The van der Waals surface area contributed by atoms with Crippen LogP contribution in [0, 0.1) is 5.82 Å². The van der Waals surface area contributed by atoms with Crippen LogP contribution in [-0.4, -0.2) is 26.5 Å². The molecule has 4 rings (SSSR count). The van der Waals surface area contributed by atoms with Gasteiger partial charge in [0.25, 0.3) is 11.8 Å². The quantitative estimate of drug-likeness (QED) is 0.444. The zero-order valence-electron chi connectivity index (χ0n) is 19.6. The Morgan fingerprint density at radius 1 is 1.14 bits per heavy atom. The lowest BCUT2D eigenvalue weighted by molar-refractivity contribution is -0.113. The number of carbonyl (C=O) groups is 2. The number of benzene rings is 2. The van der Waals surface area contributed by atoms with Crippen LogP contribution in [0.5, 0.6) is 0 Å². The number of hydrogen-bond donors (Lipinski definition) is 3. The molecule has 0 saturated heterocycles. The Balaban J connectivity index is 1.50. The van der Waals surface area contributed by atoms with E-state index in [1.165, 1.54) is 17.0 Å². The van der Waals surface area contributed by atoms with E-state index in [-0.39, 0.29) is 16.9 Å². The highest BCUT2D eigenvalue weighted by Crippen LogP contribution is 2.27. The number of allylic oxidation sites excluding steroid dienone is 3. The molecule has 2 amide bonds. The van der Waals surface area contributed by atoms with E-state index < -0.39 is 17.6 Å². The van der Waals surface area contributed by atoms with E-state index in [2.05, 4.69) is 22.3 Å². The zero-order chi connectivity index (χ0) is 25.7. The van der Waals surface area contributed by atoms with Crippen molar-refractivity contribution in [1.29, 1.82) is 0 Å². The smallest absolute Gasteiger partial charge is 0.274 e. The molecule has 1 aliphatic rings. The summed E-state index contributed by atoms with van der Waals surface area (Å²) in [6.07, 6.45) is 8.13. The van der Waals surface area contributed by atoms with Gasteiger partial charge in [-0.2, -0.15) is 5.10 Å². The fourth-order valence-electron chi connectivity index (χ4n) is 3.57. The molecular weight excluding hydrogens is 459 g/mol. The summed E-state index contributed by atoms with van der Waals surface area (Å²) in [6, 6.07) is 15.0. The van der Waals surface area contributed by atoms with E-state index in [0.717, 1.165) is 23.4 Å². The first-order valence-electron chi connectivity index (χ1n) is 11.1. The summed E-state index contributed by atoms with van der Waals surface area (Å²) in [5, 5.41) is 9.66. The molecule has 182 valence electrons. The molecular formula is C27H25FN6O2. The second-order valence-corrected chi connectivity index (χ2v) is 8.02. The van der Waals surface area contributed by atoms with E-state index in [0.29, 0.717) is 17.9 Å².